The molecule has 6 heteroatoms. The molecular weight excluding hydrogens is 148 g/mol. The first-order valence-electron chi connectivity index (χ1n) is 1.69. The molecule has 0 aliphatic rings. The summed E-state index contributed by atoms with van der Waals surface area (Å²) in [4.78, 5) is 10.1. The molecule has 1 amide bonds. The largest absolute Gasteiger partial charge is 0.434 e. The number of nitrogens with one attached hydrogen (secondary N) is 1. The van der Waals surface area contributed by atoms with Crippen molar-refractivity contribution in [1.29, 1.82) is 0 Å². The minimum absolute atomic E-state index is 0.635. The van der Waals surface area contributed by atoms with Gasteiger partial charge in [-0.2, -0.15) is 0 Å². The first-order valence-corrected chi connectivity index (χ1v) is 4.17. The predicted octanol–water partition coefficient (Wildman–Crippen LogP) is 0.513. The smallest absolute Gasteiger partial charge is 0.362 e. The maximum absolute atomic E-state index is 10.1. The number of nitrogens with two attached hydrogens (primary N) is 1. The molecule has 0 aliphatic heterocycles. The highest BCUT2D eigenvalue weighted by Gasteiger charge is 1.95. The molecule has 0 unspecified atom stereocenters. The number of hydrogen-bond donors (Lipinski definition) is 2. The van der Waals surface area contributed by atoms with E-state index in [1.165, 1.54) is 10.8 Å². The fourth-order valence-corrected chi connectivity index (χ4v) is 0.656. The van der Waals surface area contributed by atoms with Crippen LogP contribution >= 0.6 is 21.9 Å². The molecule has 4 nitrogen and oxygen atoms in total. The molecule has 0 saturated heterocycles. The van der Waals surface area contributed by atoms with Gasteiger partial charge in [0.15, 0.2) is 0 Å². The molecule has 0 aromatic rings. The molecule has 0 heterocycles. The summed E-state index contributed by atoms with van der Waals surface area (Å²) in [5.74, 6) is 4.67. The van der Waals surface area contributed by atoms with Crippen LogP contribution < -0.4 is 11.3 Å². The summed E-state index contributed by atoms with van der Waals surface area (Å²) < 4.78 is 4.34. The van der Waals surface area contributed by atoms with E-state index < -0.39 is 6.09 Å². The van der Waals surface area contributed by atoms with E-state index in [9.17, 15) is 4.79 Å². The van der Waals surface area contributed by atoms with Crippen molar-refractivity contribution in [1.82, 2.24) is 5.43 Å². The lowest BCUT2D eigenvalue weighted by atomic mass is 11.3. The molecular formula is C2H6N2O2S2. The zero-order valence-corrected chi connectivity index (χ0v) is 5.84. The molecule has 0 bridgehead atoms. The molecule has 0 atom stereocenters. The van der Waals surface area contributed by atoms with Gasteiger partial charge in [0.1, 0.15) is 11.1 Å². The third-order valence-corrected chi connectivity index (χ3v) is 1.26. The van der Waals surface area contributed by atoms with Gasteiger partial charge < -0.3 is 4.18 Å². The lowest BCUT2D eigenvalue weighted by Gasteiger charge is -1.95. The molecule has 0 aromatic carbocycles. The minimum Gasteiger partial charge on any atom is -0.362 e. The highest BCUT2D eigenvalue weighted by atomic mass is 33.1. The summed E-state index contributed by atoms with van der Waals surface area (Å²) in [6.07, 6.45) is 1.15. The molecule has 0 spiro atoms. The van der Waals surface area contributed by atoms with Crippen LogP contribution in [0.15, 0.2) is 0 Å². The van der Waals surface area contributed by atoms with Gasteiger partial charge >= 0.3 is 6.09 Å². The molecule has 48 valence electrons. The molecule has 0 rings (SSSR count). The van der Waals surface area contributed by atoms with Gasteiger partial charge in [0.25, 0.3) is 0 Å². The van der Waals surface area contributed by atoms with Gasteiger partial charge in [0, 0.05) is 0 Å². The third kappa shape index (κ3) is 4.10. The zero-order chi connectivity index (χ0) is 6.41. The second-order valence-electron chi connectivity index (χ2n) is 0.750. The molecule has 3 N–H and O–H groups in total. The van der Waals surface area contributed by atoms with E-state index in [0.717, 1.165) is 11.1 Å². The second kappa shape index (κ2) is 5.07. The number of rotatable bonds is 2. The van der Waals surface area contributed by atoms with Crippen LogP contribution in [-0.2, 0) is 4.18 Å². The normalized spacial score (nSPS) is 8.25. The summed E-state index contributed by atoms with van der Waals surface area (Å²) in [6, 6.07) is 0. The molecule has 0 radical (unpaired) electrons. The average molecular weight is 154 g/mol. The van der Waals surface area contributed by atoms with E-state index in [-0.39, 0.29) is 0 Å². The van der Waals surface area contributed by atoms with Crippen molar-refractivity contribution in [3.05, 3.63) is 0 Å². The van der Waals surface area contributed by atoms with Crippen LogP contribution in [0.3, 0.4) is 0 Å². The Morgan fingerprint density at radius 1 is 1.88 bits per heavy atom. The Hall–Kier alpha value is -0.0700. The third-order valence-electron chi connectivity index (χ3n) is 0.296. The Labute approximate surface area is 55.1 Å². The molecule has 8 heavy (non-hydrogen) atoms. The fourth-order valence-electron chi connectivity index (χ4n) is 0.0890. The number of amides is 1. The van der Waals surface area contributed by atoms with Gasteiger partial charge in [-0.15, -0.1) is 0 Å². The Morgan fingerprint density at radius 3 is 2.88 bits per heavy atom. The van der Waals surface area contributed by atoms with E-state index in [1.54, 1.807) is 11.7 Å². The lowest BCUT2D eigenvalue weighted by Crippen LogP contribution is -2.28. The van der Waals surface area contributed by atoms with Crippen LogP contribution in [0.25, 0.3) is 0 Å². The summed E-state index contributed by atoms with van der Waals surface area (Å²) in [5, 5.41) is 0. The zero-order valence-electron chi connectivity index (χ0n) is 4.21. The van der Waals surface area contributed by atoms with Crippen LogP contribution in [-0.4, -0.2) is 12.3 Å². The van der Waals surface area contributed by atoms with Crippen molar-refractivity contribution in [2.24, 2.45) is 5.84 Å². The number of hydrogen-bond acceptors (Lipinski definition) is 5. The van der Waals surface area contributed by atoms with Gasteiger partial charge in [-0.1, -0.05) is 10.8 Å². The monoisotopic (exact) mass is 154 g/mol. The van der Waals surface area contributed by atoms with E-state index in [1.807, 2.05) is 0 Å². The van der Waals surface area contributed by atoms with Gasteiger partial charge in [0.05, 0.1) is 0 Å². The average Bonchev–Trinajstić information content (AvgIpc) is 1.83. The molecule has 0 aliphatic carbocycles. The van der Waals surface area contributed by atoms with Crippen molar-refractivity contribution in [2.75, 3.05) is 6.26 Å². The van der Waals surface area contributed by atoms with Gasteiger partial charge in [0.2, 0.25) is 0 Å². The van der Waals surface area contributed by atoms with Crippen molar-refractivity contribution in [3.8, 4) is 0 Å². The van der Waals surface area contributed by atoms with E-state index in [0.29, 0.717) is 0 Å². The van der Waals surface area contributed by atoms with E-state index >= 15 is 0 Å². The van der Waals surface area contributed by atoms with Crippen LogP contribution in [0.5, 0.6) is 0 Å². The van der Waals surface area contributed by atoms with Gasteiger partial charge in [-0.05, 0) is 6.26 Å². The van der Waals surface area contributed by atoms with Gasteiger partial charge in [-0.3, -0.25) is 5.43 Å². The quantitative estimate of drug-likeness (QED) is 0.199. The maximum Gasteiger partial charge on any atom is 0.434 e. The van der Waals surface area contributed by atoms with E-state index in [4.69, 9.17) is 0 Å². The van der Waals surface area contributed by atoms with Crippen LogP contribution in [0.1, 0.15) is 0 Å². The number of hydrazine groups is 1. The van der Waals surface area contributed by atoms with Crippen molar-refractivity contribution >= 4 is 28.0 Å². The number of carbonyl (C=O) groups is 1. The molecule has 0 aromatic heterocycles. The van der Waals surface area contributed by atoms with Crippen LogP contribution in [0, 0.1) is 0 Å². The minimum atomic E-state index is -0.635. The first kappa shape index (κ1) is 7.93. The second-order valence-corrected chi connectivity index (χ2v) is 2.79. The summed E-state index contributed by atoms with van der Waals surface area (Å²) >= 11 is 0.965. The lowest BCUT2D eigenvalue weighted by molar-refractivity contribution is 0.209. The SMILES string of the molecule is CSSOC(=O)NN. The highest BCUT2D eigenvalue weighted by Crippen LogP contribution is 2.17. The first-order chi connectivity index (χ1) is 3.81. The van der Waals surface area contributed by atoms with E-state index in [2.05, 4.69) is 10.0 Å². The van der Waals surface area contributed by atoms with Gasteiger partial charge in [-0.25, -0.2) is 10.6 Å². The summed E-state index contributed by atoms with van der Waals surface area (Å²) in [6.45, 7) is 0. The van der Waals surface area contributed by atoms with Crippen molar-refractivity contribution in [3.63, 3.8) is 0 Å². The predicted molar refractivity (Wildman–Crippen MR) is 34.9 cm³/mol. The van der Waals surface area contributed by atoms with Crippen molar-refractivity contribution in [2.45, 2.75) is 0 Å². The highest BCUT2D eigenvalue weighted by molar-refractivity contribution is 8.74. The maximum atomic E-state index is 10.1. The molecule has 0 fully saturated rings. The molecule has 0 saturated carbocycles. The van der Waals surface area contributed by atoms with Crippen LogP contribution in [0.2, 0.25) is 0 Å². The summed E-state index contributed by atoms with van der Waals surface area (Å²) in [7, 11) is 1.32. The Balaban J connectivity index is 2.99. The fraction of sp³-hybridized carbons (Fsp3) is 0.500. The summed E-state index contributed by atoms with van der Waals surface area (Å²) in [5.41, 5.74) is 1.80. The van der Waals surface area contributed by atoms with Crippen molar-refractivity contribution < 1.29 is 8.98 Å². The standard InChI is InChI=1S/C2H6N2O2S2/c1-7-8-6-2(5)4-3/h3H2,1H3,(H,4,5). The number of carbonyl (C=O) groups excluding carboxylic acids is 1. The topological polar surface area (TPSA) is 64.3 Å². The Morgan fingerprint density at radius 2 is 2.50 bits per heavy atom. The van der Waals surface area contributed by atoms with Crippen LogP contribution in [0.4, 0.5) is 4.79 Å². The Bertz CT molecular complexity index is 78.4. The Kier molecular flexibility index (Phi) is 5.03.